The van der Waals surface area contributed by atoms with E-state index in [1.54, 1.807) is 12.4 Å². The maximum atomic E-state index is 12.6. The zero-order chi connectivity index (χ0) is 14.9. The summed E-state index contributed by atoms with van der Waals surface area (Å²) in [6.07, 6.45) is 6.17. The van der Waals surface area contributed by atoms with Crippen molar-refractivity contribution in [2.75, 3.05) is 13.1 Å². The molecule has 1 aromatic carbocycles. The summed E-state index contributed by atoms with van der Waals surface area (Å²) in [4.78, 5) is 23.2. The SMILES string of the molecule is O=C(c1cnc2ccccc2n1)N1CCC(n2cccn2)C1. The zero-order valence-electron chi connectivity index (χ0n) is 12.0. The third-order valence-electron chi connectivity index (χ3n) is 4.02. The third kappa shape index (κ3) is 2.22. The van der Waals surface area contributed by atoms with Gasteiger partial charge in [-0.3, -0.25) is 14.5 Å². The Kier molecular flexibility index (Phi) is 3.07. The number of carbonyl (C=O) groups excluding carboxylic acids is 1. The average Bonchev–Trinajstić information content (AvgIpc) is 3.24. The highest BCUT2D eigenvalue weighted by molar-refractivity contribution is 5.94. The second-order valence-corrected chi connectivity index (χ2v) is 5.42. The second-order valence-electron chi connectivity index (χ2n) is 5.42. The van der Waals surface area contributed by atoms with Gasteiger partial charge < -0.3 is 4.90 Å². The molecule has 1 amide bonds. The van der Waals surface area contributed by atoms with Gasteiger partial charge in [-0.05, 0) is 24.6 Å². The van der Waals surface area contributed by atoms with Gasteiger partial charge in [-0.2, -0.15) is 5.10 Å². The molecule has 0 aliphatic carbocycles. The van der Waals surface area contributed by atoms with Crippen molar-refractivity contribution >= 4 is 16.9 Å². The van der Waals surface area contributed by atoms with Crippen molar-refractivity contribution in [3.05, 3.63) is 54.6 Å². The quantitative estimate of drug-likeness (QED) is 0.724. The lowest BCUT2D eigenvalue weighted by atomic mass is 10.3. The molecule has 1 saturated heterocycles. The molecule has 0 radical (unpaired) electrons. The lowest BCUT2D eigenvalue weighted by Gasteiger charge is -2.16. The number of hydrogen-bond donors (Lipinski definition) is 0. The first-order chi connectivity index (χ1) is 10.8. The lowest BCUT2D eigenvalue weighted by Crippen LogP contribution is -2.30. The van der Waals surface area contributed by atoms with Gasteiger partial charge in [0, 0.05) is 25.5 Å². The van der Waals surface area contributed by atoms with Crippen molar-refractivity contribution in [3.63, 3.8) is 0 Å². The largest absolute Gasteiger partial charge is 0.335 e. The summed E-state index contributed by atoms with van der Waals surface area (Å²) < 4.78 is 1.92. The Hall–Kier alpha value is -2.76. The maximum Gasteiger partial charge on any atom is 0.274 e. The predicted molar refractivity (Wildman–Crippen MR) is 81.3 cm³/mol. The number of rotatable bonds is 2. The van der Waals surface area contributed by atoms with E-state index in [2.05, 4.69) is 15.1 Å². The molecule has 3 aromatic rings. The Labute approximate surface area is 127 Å². The number of amides is 1. The second kappa shape index (κ2) is 5.22. The fraction of sp³-hybridized carbons (Fsp3) is 0.250. The first kappa shape index (κ1) is 12.9. The normalized spacial score (nSPS) is 18.0. The number of fused-ring (bicyclic) bond motifs is 1. The van der Waals surface area contributed by atoms with Crippen molar-refractivity contribution in [3.8, 4) is 0 Å². The van der Waals surface area contributed by atoms with Gasteiger partial charge in [0.1, 0.15) is 5.69 Å². The van der Waals surface area contributed by atoms with Crippen molar-refractivity contribution in [1.29, 1.82) is 0 Å². The first-order valence-electron chi connectivity index (χ1n) is 7.31. The molecule has 1 aliphatic rings. The number of carbonyl (C=O) groups is 1. The van der Waals surface area contributed by atoms with Gasteiger partial charge in [-0.25, -0.2) is 4.98 Å². The smallest absolute Gasteiger partial charge is 0.274 e. The predicted octanol–water partition coefficient (Wildman–Crippen LogP) is 1.91. The molecule has 1 fully saturated rings. The highest BCUT2D eigenvalue weighted by Crippen LogP contribution is 2.22. The molecular weight excluding hydrogens is 278 g/mol. The number of hydrogen-bond acceptors (Lipinski definition) is 4. The van der Waals surface area contributed by atoms with Crippen molar-refractivity contribution in [2.24, 2.45) is 0 Å². The van der Waals surface area contributed by atoms with E-state index in [4.69, 9.17) is 0 Å². The monoisotopic (exact) mass is 293 g/mol. The molecule has 6 heteroatoms. The summed E-state index contributed by atoms with van der Waals surface area (Å²) in [6.45, 7) is 1.38. The Morgan fingerprint density at radius 2 is 2.05 bits per heavy atom. The van der Waals surface area contributed by atoms with Gasteiger partial charge in [0.15, 0.2) is 0 Å². The molecule has 0 N–H and O–H groups in total. The van der Waals surface area contributed by atoms with Gasteiger partial charge >= 0.3 is 0 Å². The van der Waals surface area contributed by atoms with Crippen LogP contribution in [0.2, 0.25) is 0 Å². The minimum Gasteiger partial charge on any atom is -0.335 e. The van der Waals surface area contributed by atoms with E-state index in [0.717, 1.165) is 24.0 Å². The molecule has 6 nitrogen and oxygen atoms in total. The van der Waals surface area contributed by atoms with Crippen molar-refractivity contribution in [2.45, 2.75) is 12.5 Å². The highest BCUT2D eigenvalue weighted by Gasteiger charge is 2.29. The van der Waals surface area contributed by atoms with Crippen LogP contribution in [0.1, 0.15) is 23.0 Å². The molecule has 2 aromatic heterocycles. The van der Waals surface area contributed by atoms with Crippen LogP contribution in [0.15, 0.2) is 48.9 Å². The van der Waals surface area contributed by atoms with Gasteiger partial charge in [-0.15, -0.1) is 0 Å². The summed E-state index contributed by atoms with van der Waals surface area (Å²) in [6, 6.07) is 9.71. The van der Waals surface area contributed by atoms with Gasteiger partial charge in [0.2, 0.25) is 0 Å². The van der Waals surface area contributed by atoms with E-state index in [9.17, 15) is 4.79 Å². The average molecular weight is 293 g/mol. The Bertz CT molecular complexity index is 814. The van der Waals surface area contributed by atoms with E-state index in [0.29, 0.717) is 12.2 Å². The number of para-hydroxylation sites is 2. The molecule has 0 bridgehead atoms. The molecule has 110 valence electrons. The summed E-state index contributed by atoms with van der Waals surface area (Å²) in [5.74, 6) is -0.0621. The zero-order valence-corrected chi connectivity index (χ0v) is 12.0. The van der Waals surface area contributed by atoms with Crippen LogP contribution in [0.25, 0.3) is 11.0 Å². The molecule has 4 rings (SSSR count). The first-order valence-corrected chi connectivity index (χ1v) is 7.31. The summed E-state index contributed by atoms with van der Waals surface area (Å²) in [5, 5.41) is 4.26. The van der Waals surface area contributed by atoms with Crippen LogP contribution in [-0.2, 0) is 0 Å². The minimum atomic E-state index is -0.0621. The van der Waals surface area contributed by atoms with E-state index in [1.165, 1.54) is 0 Å². The Balaban J connectivity index is 1.56. The van der Waals surface area contributed by atoms with Crippen LogP contribution in [0.5, 0.6) is 0 Å². The molecule has 1 aliphatic heterocycles. The highest BCUT2D eigenvalue weighted by atomic mass is 16.2. The van der Waals surface area contributed by atoms with Crippen molar-refractivity contribution in [1.82, 2.24) is 24.6 Å². The van der Waals surface area contributed by atoms with E-state index in [1.807, 2.05) is 46.1 Å². The van der Waals surface area contributed by atoms with Crippen LogP contribution in [0, 0.1) is 0 Å². The molecule has 3 heterocycles. The van der Waals surface area contributed by atoms with Crippen LogP contribution in [0.3, 0.4) is 0 Å². The summed E-state index contributed by atoms with van der Waals surface area (Å²) in [5.41, 5.74) is 1.95. The van der Waals surface area contributed by atoms with Crippen molar-refractivity contribution < 1.29 is 4.79 Å². The number of aromatic nitrogens is 4. The maximum absolute atomic E-state index is 12.6. The lowest BCUT2D eigenvalue weighted by molar-refractivity contribution is 0.0781. The molecule has 22 heavy (non-hydrogen) atoms. The topological polar surface area (TPSA) is 63.9 Å². The minimum absolute atomic E-state index is 0.0621. The number of nitrogens with zero attached hydrogens (tertiary/aromatic N) is 5. The van der Waals surface area contributed by atoms with Crippen LogP contribution in [0.4, 0.5) is 0 Å². The number of likely N-dealkylation sites (tertiary alicyclic amines) is 1. The van der Waals surface area contributed by atoms with Crippen LogP contribution in [-0.4, -0.2) is 43.6 Å². The molecule has 1 unspecified atom stereocenters. The molecule has 1 atom stereocenters. The standard InChI is InChI=1S/C16H15N5O/c22-16(15-10-17-13-4-1-2-5-14(13)19-15)20-9-6-12(11-20)21-8-3-7-18-21/h1-5,7-8,10,12H,6,9,11H2. The Morgan fingerprint density at radius 1 is 1.18 bits per heavy atom. The molecule has 0 saturated carbocycles. The fourth-order valence-electron chi connectivity index (χ4n) is 2.86. The van der Waals surface area contributed by atoms with E-state index < -0.39 is 0 Å². The van der Waals surface area contributed by atoms with Crippen LogP contribution < -0.4 is 0 Å². The fourth-order valence-corrected chi connectivity index (χ4v) is 2.86. The molecule has 0 spiro atoms. The Morgan fingerprint density at radius 3 is 2.86 bits per heavy atom. The molecular formula is C16H15N5O. The van der Waals surface area contributed by atoms with Crippen LogP contribution >= 0.6 is 0 Å². The van der Waals surface area contributed by atoms with Gasteiger partial charge in [-0.1, -0.05) is 12.1 Å². The van der Waals surface area contributed by atoms with E-state index in [-0.39, 0.29) is 11.9 Å². The summed E-state index contributed by atoms with van der Waals surface area (Å²) in [7, 11) is 0. The third-order valence-corrected chi connectivity index (χ3v) is 4.02. The summed E-state index contributed by atoms with van der Waals surface area (Å²) >= 11 is 0. The van der Waals surface area contributed by atoms with Gasteiger partial charge in [0.25, 0.3) is 5.91 Å². The van der Waals surface area contributed by atoms with Gasteiger partial charge in [0.05, 0.1) is 23.3 Å². The van der Waals surface area contributed by atoms with E-state index >= 15 is 0 Å². The number of benzene rings is 1.